The molecule has 1 aliphatic rings. The number of para-hydroxylation sites is 1. The number of carbonyl (C=O) groups excluding carboxylic acids is 1. The Bertz CT molecular complexity index is 1550. The number of fused-ring (bicyclic) bond motifs is 2. The van der Waals surface area contributed by atoms with Crippen molar-refractivity contribution in [3.8, 4) is 5.75 Å². The first-order chi connectivity index (χ1) is 21.0. The van der Waals surface area contributed by atoms with Crippen molar-refractivity contribution in [1.82, 2.24) is 9.55 Å². The van der Waals surface area contributed by atoms with Crippen molar-refractivity contribution in [2.24, 2.45) is 0 Å². The smallest absolute Gasteiger partial charge is 0.341 e. The number of pyridine rings is 1. The van der Waals surface area contributed by atoms with Gasteiger partial charge in [-0.05, 0) is 63.9 Å². The fourth-order valence-electron chi connectivity index (χ4n) is 6.86. The Morgan fingerprint density at radius 2 is 1.67 bits per heavy atom. The summed E-state index contributed by atoms with van der Waals surface area (Å²) in [7, 11) is 0. The molecular formula is C37H47N3O3. The molecule has 0 fully saturated rings. The average molecular weight is 582 g/mol. The van der Waals surface area contributed by atoms with Crippen molar-refractivity contribution in [1.29, 1.82) is 0 Å². The molecule has 0 amide bonds. The highest BCUT2D eigenvalue weighted by atomic mass is 16.6. The van der Waals surface area contributed by atoms with Gasteiger partial charge in [0.15, 0.2) is 0 Å². The van der Waals surface area contributed by atoms with Gasteiger partial charge in [0, 0.05) is 65.3 Å². The number of unbranched alkanes of at least 4 members (excludes halogenated alkanes) is 5. The highest BCUT2D eigenvalue weighted by Gasteiger charge is 2.54. The summed E-state index contributed by atoms with van der Waals surface area (Å²) in [6.45, 7) is 14.0. The van der Waals surface area contributed by atoms with Gasteiger partial charge in [0.05, 0.1) is 12.2 Å². The van der Waals surface area contributed by atoms with E-state index in [9.17, 15) is 4.79 Å². The molecule has 43 heavy (non-hydrogen) atoms. The number of esters is 1. The van der Waals surface area contributed by atoms with E-state index in [1.54, 1.807) is 6.20 Å². The lowest BCUT2D eigenvalue weighted by Gasteiger charge is -2.32. The number of hydrogen-bond acceptors (Lipinski definition) is 5. The molecule has 0 spiro atoms. The number of aromatic nitrogens is 2. The van der Waals surface area contributed by atoms with Gasteiger partial charge in [-0.25, -0.2) is 4.79 Å². The van der Waals surface area contributed by atoms with E-state index in [1.165, 1.54) is 43.3 Å². The zero-order chi connectivity index (χ0) is 30.4. The Morgan fingerprint density at radius 1 is 0.907 bits per heavy atom. The summed E-state index contributed by atoms with van der Waals surface area (Å²) in [5.41, 5.74) is 5.14. The molecule has 0 aliphatic carbocycles. The van der Waals surface area contributed by atoms with Crippen molar-refractivity contribution < 1.29 is 14.3 Å². The minimum absolute atomic E-state index is 0.354. The molecule has 2 aromatic carbocycles. The van der Waals surface area contributed by atoms with Gasteiger partial charge in [0.2, 0.25) is 5.60 Å². The number of aryl methyl sites for hydroxylation is 1. The molecule has 6 heteroatoms. The minimum atomic E-state index is -1.24. The normalized spacial score (nSPS) is 16.0. The Morgan fingerprint density at radius 3 is 2.42 bits per heavy atom. The maximum Gasteiger partial charge on any atom is 0.341 e. The molecule has 2 aromatic heterocycles. The Labute approximate surface area is 257 Å². The molecule has 0 saturated carbocycles. The van der Waals surface area contributed by atoms with Gasteiger partial charge < -0.3 is 18.9 Å². The molecule has 1 aliphatic heterocycles. The number of anilines is 1. The van der Waals surface area contributed by atoms with Crippen molar-refractivity contribution in [2.45, 2.75) is 91.7 Å². The molecule has 0 radical (unpaired) electrons. The lowest BCUT2D eigenvalue weighted by Crippen LogP contribution is -2.32. The largest absolute Gasteiger partial charge is 0.493 e. The number of hydrogen-bond donors (Lipinski definition) is 0. The SMILES string of the molecule is CCCCCCCCn1c(CC)c(C2(c3ccc(N(CC)CC)cc3OCC)OC(=O)c3cccnc32)c2ccccc21. The fraction of sp³-hybridized carbons (Fsp3) is 0.459. The van der Waals surface area contributed by atoms with Crippen LogP contribution in [0.1, 0.15) is 106 Å². The van der Waals surface area contributed by atoms with Crippen LogP contribution in [0.15, 0.2) is 60.8 Å². The van der Waals surface area contributed by atoms with E-state index >= 15 is 0 Å². The van der Waals surface area contributed by atoms with E-state index in [4.69, 9.17) is 14.5 Å². The third kappa shape index (κ3) is 5.52. The number of carbonyl (C=O) groups is 1. The van der Waals surface area contributed by atoms with Crippen LogP contribution in [-0.2, 0) is 23.3 Å². The number of ether oxygens (including phenoxy) is 2. The van der Waals surface area contributed by atoms with Crippen LogP contribution in [0.5, 0.6) is 5.75 Å². The predicted octanol–water partition coefficient (Wildman–Crippen LogP) is 8.67. The molecule has 5 rings (SSSR count). The molecule has 0 saturated heterocycles. The van der Waals surface area contributed by atoms with E-state index < -0.39 is 5.60 Å². The summed E-state index contributed by atoms with van der Waals surface area (Å²) in [6, 6.07) is 18.5. The van der Waals surface area contributed by atoms with Gasteiger partial charge >= 0.3 is 5.97 Å². The molecule has 228 valence electrons. The lowest BCUT2D eigenvalue weighted by atomic mass is 9.80. The highest BCUT2D eigenvalue weighted by molar-refractivity contribution is 5.98. The van der Waals surface area contributed by atoms with Crippen molar-refractivity contribution >= 4 is 22.6 Å². The van der Waals surface area contributed by atoms with Gasteiger partial charge in [-0.1, -0.05) is 64.2 Å². The van der Waals surface area contributed by atoms with E-state index in [2.05, 4.69) is 79.6 Å². The number of rotatable bonds is 15. The molecular weight excluding hydrogens is 534 g/mol. The third-order valence-corrected chi connectivity index (χ3v) is 8.88. The van der Waals surface area contributed by atoms with Gasteiger partial charge in [0.1, 0.15) is 11.4 Å². The zero-order valence-corrected chi connectivity index (χ0v) is 26.6. The van der Waals surface area contributed by atoms with Crippen LogP contribution in [0.4, 0.5) is 5.69 Å². The molecule has 1 unspecified atom stereocenters. The maximum absolute atomic E-state index is 13.7. The maximum atomic E-state index is 13.7. The van der Waals surface area contributed by atoms with Gasteiger partial charge in [-0.2, -0.15) is 0 Å². The molecule has 6 nitrogen and oxygen atoms in total. The monoisotopic (exact) mass is 581 g/mol. The first-order valence-electron chi connectivity index (χ1n) is 16.4. The number of cyclic esters (lactones) is 1. The van der Waals surface area contributed by atoms with Crippen LogP contribution in [-0.4, -0.2) is 35.2 Å². The summed E-state index contributed by atoms with van der Waals surface area (Å²) in [5.74, 6) is 0.362. The predicted molar refractivity (Wildman–Crippen MR) is 175 cm³/mol. The Balaban J connectivity index is 1.76. The van der Waals surface area contributed by atoms with Crippen LogP contribution in [0, 0.1) is 0 Å². The Hall–Kier alpha value is -3.80. The quantitative estimate of drug-likeness (QED) is 0.104. The minimum Gasteiger partial charge on any atom is -0.493 e. The van der Waals surface area contributed by atoms with Gasteiger partial charge in [-0.15, -0.1) is 0 Å². The summed E-state index contributed by atoms with van der Waals surface area (Å²) >= 11 is 0. The second-order valence-electron chi connectivity index (χ2n) is 11.4. The standard InChI is InChI=1S/C37H47N3O3/c1-6-11-12-13-14-17-25-40-31(7-2)34(28-19-15-16-21-32(28)40)37(35-29(36(41)43-37)20-18-24-38-35)30-23-22-27(39(8-3)9-4)26-33(30)42-10-5/h15-16,18-24,26H,6-14,17,25H2,1-5H3. The molecule has 3 heterocycles. The van der Waals surface area contributed by atoms with Crippen LogP contribution in [0.3, 0.4) is 0 Å². The summed E-state index contributed by atoms with van der Waals surface area (Å²) < 4.78 is 15.5. The summed E-state index contributed by atoms with van der Waals surface area (Å²) in [4.78, 5) is 20.9. The molecule has 0 bridgehead atoms. The lowest BCUT2D eigenvalue weighted by molar-refractivity contribution is 0.0237. The summed E-state index contributed by atoms with van der Waals surface area (Å²) in [5, 5.41) is 1.09. The van der Waals surface area contributed by atoms with E-state index in [0.29, 0.717) is 23.6 Å². The van der Waals surface area contributed by atoms with E-state index in [0.717, 1.165) is 54.7 Å². The van der Waals surface area contributed by atoms with E-state index in [1.807, 2.05) is 19.1 Å². The van der Waals surface area contributed by atoms with Crippen LogP contribution >= 0.6 is 0 Å². The van der Waals surface area contributed by atoms with E-state index in [-0.39, 0.29) is 5.97 Å². The first-order valence-corrected chi connectivity index (χ1v) is 16.4. The molecule has 4 aromatic rings. The second-order valence-corrected chi connectivity index (χ2v) is 11.4. The van der Waals surface area contributed by atoms with Gasteiger partial charge in [0.25, 0.3) is 0 Å². The topological polar surface area (TPSA) is 56.6 Å². The van der Waals surface area contributed by atoms with Crippen molar-refractivity contribution in [3.05, 3.63) is 88.9 Å². The van der Waals surface area contributed by atoms with Crippen LogP contribution in [0.2, 0.25) is 0 Å². The molecule has 1 atom stereocenters. The highest BCUT2D eigenvalue weighted by Crippen LogP contribution is 2.53. The number of nitrogens with zero attached hydrogens (tertiary/aromatic N) is 3. The van der Waals surface area contributed by atoms with Gasteiger partial charge in [-0.3, -0.25) is 4.98 Å². The third-order valence-electron chi connectivity index (χ3n) is 8.88. The zero-order valence-electron chi connectivity index (χ0n) is 26.6. The average Bonchev–Trinajstić information content (AvgIpc) is 3.52. The first kappa shape index (κ1) is 30.7. The second kappa shape index (κ2) is 13.7. The van der Waals surface area contributed by atoms with Crippen LogP contribution in [0.25, 0.3) is 10.9 Å². The van der Waals surface area contributed by atoms with Crippen molar-refractivity contribution in [3.63, 3.8) is 0 Å². The van der Waals surface area contributed by atoms with Crippen molar-refractivity contribution in [2.75, 3.05) is 24.6 Å². The van der Waals surface area contributed by atoms with Crippen LogP contribution < -0.4 is 9.64 Å². The molecule has 0 N–H and O–H groups in total. The number of benzene rings is 2. The Kier molecular flexibility index (Phi) is 9.74. The fourth-order valence-corrected chi connectivity index (χ4v) is 6.86. The summed E-state index contributed by atoms with van der Waals surface area (Å²) in [6.07, 6.45) is 9.98.